The first-order valence-corrected chi connectivity index (χ1v) is 17.1. The maximum absolute atomic E-state index is 12.6. The van der Waals surface area contributed by atoms with Gasteiger partial charge in [-0.1, -0.05) is 13.8 Å². The Morgan fingerprint density at radius 1 is 0.882 bits per heavy atom. The molecule has 0 saturated heterocycles. The number of benzene rings is 1. The fourth-order valence-corrected chi connectivity index (χ4v) is 4.30. The van der Waals surface area contributed by atoms with Crippen molar-refractivity contribution in [1.82, 2.24) is 25.3 Å². The molecular weight excluding hydrogens is 664 g/mol. The molecule has 0 unspecified atom stereocenters. The summed E-state index contributed by atoms with van der Waals surface area (Å²) in [7, 11) is 0. The van der Waals surface area contributed by atoms with Crippen molar-refractivity contribution < 1.29 is 38.4 Å². The number of ether oxygens (including phenoxy) is 4. The molecule has 0 aliphatic heterocycles. The summed E-state index contributed by atoms with van der Waals surface area (Å²) in [6, 6.07) is 5.18. The Kier molecular flexibility index (Phi) is 21.2. The molecule has 17 heteroatoms. The molecule has 2 heterocycles. The summed E-state index contributed by atoms with van der Waals surface area (Å²) in [5.41, 5.74) is 11.8. The lowest BCUT2D eigenvalue weighted by Crippen LogP contribution is -2.41. The summed E-state index contributed by atoms with van der Waals surface area (Å²) in [4.78, 5) is 63.2. The van der Waals surface area contributed by atoms with Crippen LogP contribution in [0.2, 0.25) is 0 Å². The van der Waals surface area contributed by atoms with Crippen LogP contribution < -0.4 is 27.7 Å². The number of Topliss-reactive ketones (excluding diaryl/α,β-unsaturated/α-hetero) is 1. The maximum atomic E-state index is 12.6. The summed E-state index contributed by atoms with van der Waals surface area (Å²) >= 11 is 0. The summed E-state index contributed by atoms with van der Waals surface area (Å²) in [5.74, 6) is -1.92. The number of nitrogens with two attached hydrogens (primary N) is 2. The molecule has 282 valence electrons. The third-order valence-corrected chi connectivity index (χ3v) is 6.87. The van der Waals surface area contributed by atoms with Gasteiger partial charge in [0.1, 0.15) is 11.8 Å². The van der Waals surface area contributed by atoms with Crippen molar-refractivity contribution in [3.05, 3.63) is 52.1 Å². The van der Waals surface area contributed by atoms with Gasteiger partial charge in [-0.25, -0.2) is 14.8 Å². The molecule has 0 spiro atoms. The zero-order valence-corrected chi connectivity index (χ0v) is 29.5. The average molecular weight is 717 g/mol. The second-order valence-corrected chi connectivity index (χ2v) is 11.2. The molecule has 0 bridgehead atoms. The minimum atomic E-state index is -1.21. The van der Waals surface area contributed by atoms with Gasteiger partial charge in [0.25, 0.3) is 11.5 Å². The predicted molar refractivity (Wildman–Crippen MR) is 191 cm³/mol. The monoisotopic (exact) mass is 716 g/mol. The standard InChI is InChI=1S/C27H35N7O7.C7H17NO2/c1-2-11-40-13-14-41-12-3-4-20(35)9-10-21(26(38)39)32-24(36)17-5-7-18(8-6-17)29-15-19-16-30-23-22(31-19)25(37)34-27(28)33-23;1-2-4-9-6-7-10-5-3-8/h5-8,16,21,29H,2-4,9-15H2,1H3,(H,32,36)(H,38,39)(H3,28,30,33,34,37);2-8H2,1H3/t21-;/m0./s1. The number of aliphatic carboxylic acids is 1. The van der Waals surface area contributed by atoms with Gasteiger partial charge in [0, 0.05) is 50.5 Å². The molecule has 0 aliphatic rings. The first kappa shape index (κ1) is 42.6. The number of aromatic nitrogens is 4. The number of carbonyl (C=O) groups is 3. The number of nitrogen functional groups attached to an aromatic ring is 1. The van der Waals surface area contributed by atoms with Gasteiger partial charge >= 0.3 is 5.97 Å². The Morgan fingerprint density at radius 3 is 2.12 bits per heavy atom. The lowest BCUT2D eigenvalue weighted by atomic mass is 10.1. The van der Waals surface area contributed by atoms with E-state index < -0.39 is 23.5 Å². The molecule has 0 fully saturated rings. The van der Waals surface area contributed by atoms with Crippen LogP contribution in [-0.4, -0.2) is 108 Å². The Bertz CT molecular complexity index is 1510. The molecule has 8 N–H and O–H groups in total. The molecule has 1 aromatic carbocycles. The van der Waals surface area contributed by atoms with Crippen molar-refractivity contribution in [1.29, 1.82) is 0 Å². The minimum absolute atomic E-state index is 0.0109. The highest BCUT2D eigenvalue weighted by Gasteiger charge is 2.21. The van der Waals surface area contributed by atoms with Crippen molar-refractivity contribution in [2.24, 2.45) is 5.73 Å². The van der Waals surface area contributed by atoms with Gasteiger partial charge in [-0.05, 0) is 49.9 Å². The highest BCUT2D eigenvalue weighted by molar-refractivity contribution is 5.97. The molecule has 1 atom stereocenters. The number of nitrogens with one attached hydrogen (secondary N) is 3. The van der Waals surface area contributed by atoms with E-state index in [2.05, 4.69) is 37.5 Å². The quantitative estimate of drug-likeness (QED) is 0.0686. The first-order valence-electron chi connectivity index (χ1n) is 17.1. The lowest BCUT2D eigenvalue weighted by Gasteiger charge is -2.14. The van der Waals surface area contributed by atoms with Gasteiger partial charge in [-0.2, -0.15) is 4.98 Å². The number of carboxylic acid groups (broad SMARTS) is 1. The molecule has 0 radical (unpaired) electrons. The average Bonchev–Trinajstić information content (AvgIpc) is 3.12. The maximum Gasteiger partial charge on any atom is 0.326 e. The molecule has 1 amide bonds. The zero-order chi connectivity index (χ0) is 37.3. The largest absolute Gasteiger partial charge is 0.480 e. The SMILES string of the molecule is CCCOCCOCCCC(=O)CC[C@H](NC(=O)c1ccc(NCc2cnc3nc(N)[nH]c(=O)c3n2)cc1)C(=O)O.CCCOCCOCCN. The number of fused-ring (bicyclic) bond motifs is 1. The number of H-pyrrole nitrogens is 1. The van der Waals surface area contributed by atoms with Gasteiger partial charge in [-0.15, -0.1) is 0 Å². The fraction of sp³-hybridized carbons (Fsp3) is 0.559. The van der Waals surface area contributed by atoms with Crippen LogP contribution in [0.15, 0.2) is 35.3 Å². The number of carboxylic acids is 1. The number of hydrogen-bond donors (Lipinski definition) is 6. The third-order valence-electron chi connectivity index (χ3n) is 6.87. The zero-order valence-electron chi connectivity index (χ0n) is 29.5. The van der Waals surface area contributed by atoms with E-state index in [-0.39, 0.29) is 54.3 Å². The molecule has 3 rings (SSSR count). The van der Waals surface area contributed by atoms with Crippen LogP contribution in [0, 0.1) is 0 Å². The fourth-order valence-electron chi connectivity index (χ4n) is 4.30. The first-order chi connectivity index (χ1) is 24.7. The highest BCUT2D eigenvalue weighted by Crippen LogP contribution is 2.13. The minimum Gasteiger partial charge on any atom is -0.480 e. The second-order valence-electron chi connectivity index (χ2n) is 11.2. The molecule has 0 saturated carbocycles. The topological polar surface area (TPSA) is 256 Å². The van der Waals surface area contributed by atoms with Crippen LogP contribution in [-0.2, 0) is 35.1 Å². The van der Waals surface area contributed by atoms with Crippen LogP contribution in [0.25, 0.3) is 11.2 Å². The Labute approximate surface area is 297 Å². The van der Waals surface area contributed by atoms with Crippen molar-refractivity contribution in [3.63, 3.8) is 0 Å². The lowest BCUT2D eigenvalue weighted by molar-refractivity contribution is -0.139. The number of hydrogen-bond acceptors (Lipinski definition) is 14. The molecule has 2 aromatic heterocycles. The van der Waals surface area contributed by atoms with Crippen molar-refractivity contribution in [2.45, 2.75) is 65.0 Å². The van der Waals surface area contributed by atoms with E-state index in [4.69, 9.17) is 30.4 Å². The van der Waals surface area contributed by atoms with Crippen LogP contribution in [0.5, 0.6) is 0 Å². The smallest absolute Gasteiger partial charge is 0.326 e. The Morgan fingerprint density at radius 2 is 1.51 bits per heavy atom. The van der Waals surface area contributed by atoms with Gasteiger partial charge in [-0.3, -0.25) is 19.4 Å². The van der Waals surface area contributed by atoms with E-state index in [1.54, 1.807) is 24.3 Å². The second kappa shape index (κ2) is 25.4. The summed E-state index contributed by atoms with van der Waals surface area (Å²) < 4.78 is 21.0. The number of rotatable bonds is 25. The summed E-state index contributed by atoms with van der Waals surface area (Å²) in [5, 5.41) is 15.1. The van der Waals surface area contributed by atoms with E-state index in [0.717, 1.165) is 19.4 Å². The molecule has 3 aromatic rings. The van der Waals surface area contributed by atoms with Gasteiger partial charge < -0.3 is 46.2 Å². The number of anilines is 2. The van der Waals surface area contributed by atoms with Crippen molar-refractivity contribution >= 4 is 40.5 Å². The van der Waals surface area contributed by atoms with Gasteiger partial charge in [0.2, 0.25) is 5.95 Å². The normalized spacial score (nSPS) is 11.4. The highest BCUT2D eigenvalue weighted by atomic mass is 16.5. The van der Waals surface area contributed by atoms with E-state index in [1.165, 1.54) is 6.20 Å². The number of ketones is 1. The number of nitrogens with zero attached hydrogens (tertiary/aromatic N) is 3. The van der Waals surface area contributed by atoms with Gasteiger partial charge in [0.15, 0.2) is 11.2 Å². The number of aromatic amines is 1. The predicted octanol–water partition coefficient (Wildman–Crippen LogP) is 2.05. The molecular formula is C34H52N8O9. The van der Waals surface area contributed by atoms with E-state index in [0.29, 0.717) is 70.6 Å². The molecule has 0 aliphatic carbocycles. The van der Waals surface area contributed by atoms with E-state index in [1.807, 2.05) is 6.92 Å². The van der Waals surface area contributed by atoms with Gasteiger partial charge in [0.05, 0.1) is 51.5 Å². The summed E-state index contributed by atoms with van der Waals surface area (Å²) in [6.07, 6.45) is 4.32. The van der Waals surface area contributed by atoms with E-state index >= 15 is 0 Å². The Hall–Kier alpha value is -4.55. The van der Waals surface area contributed by atoms with E-state index in [9.17, 15) is 24.3 Å². The van der Waals surface area contributed by atoms with Crippen LogP contribution in [0.1, 0.15) is 68.4 Å². The number of amides is 1. The van der Waals surface area contributed by atoms with Crippen LogP contribution in [0.4, 0.5) is 11.6 Å². The number of carbonyl (C=O) groups excluding carboxylic acids is 2. The molecule has 51 heavy (non-hydrogen) atoms. The Balaban J connectivity index is 0.000000783. The summed E-state index contributed by atoms with van der Waals surface area (Å²) in [6.45, 7) is 9.85. The van der Waals surface area contributed by atoms with Crippen molar-refractivity contribution in [2.75, 3.05) is 70.5 Å². The van der Waals surface area contributed by atoms with Crippen LogP contribution >= 0.6 is 0 Å². The van der Waals surface area contributed by atoms with Crippen molar-refractivity contribution in [3.8, 4) is 0 Å². The van der Waals surface area contributed by atoms with Crippen LogP contribution in [0.3, 0.4) is 0 Å². The molecule has 17 nitrogen and oxygen atoms in total. The third kappa shape index (κ3) is 17.8.